The third-order valence-corrected chi connectivity index (χ3v) is 12.8. The first kappa shape index (κ1) is 37.9. The predicted molar refractivity (Wildman–Crippen MR) is 262 cm³/mol. The number of nitriles is 1. The van der Waals surface area contributed by atoms with Crippen LogP contribution in [-0.2, 0) is 5.41 Å². The second-order valence-corrected chi connectivity index (χ2v) is 16.5. The fourth-order valence-corrected chi connectivity index (χ4v) is 9.92. The van der Waals surface area contributed by atoms with Crippen LogP contribution < -0.4 is 0 Å². The van der Waals surface area contributed by atoms with E-state index < -0.39 is 5.41 Å². The summed E-state index contributed by atoms with van der Waals surface area (Å²) in [6.07, 6.45) is 1.83. The maximum atomic E-state index is 10.2. The zero-order chi connectivity index (χ0) is 43.3. The fraction of sp³-hybridized carbons (Fsp3) is 0.0167. The second-order valence-electron chi connectivity index (χ2n) is 16.5. The summed E-state index contributed by atoms with van der Waals surface area (Å²) in [6.45, 7) is 0. The number of benzene rings is 9. The van der Waals surface area contributed by atoms with E-state index in [1.54, 1.807) is 0 Å². The van der Waals surface area contributed by atoms with E-state index in [-0.39, 0.29) is 0 Å². The number of hydrogen-bond acceptors (Lipinski definition) is 5. The highest BCUT2D eigenvalue weighted by atomic mass is 15.0. The summed E-state index contributed by atoms with van der Waals surface area (Å²) >= 11 is 0. The van der Waals surface area contributed by atoms with E-state index in [2.05, 4.69) is 170 Å². The molecule has 65 heavy (non-hydrogen) atoms. The van der Waals surface area contributed by atoms with E-state index >= 15 is 0 Å². The Kier molecular flexibility index (Phi) is 9.03. The second kappa shape index (κ2) is 15.5. The van der Waals surface area contributed by atoms with E-state index in [0.717, 1.165) is 88.6 Å². The van der Waals surface area contributed by atoms with Gasteiger partial charge in [0.2, 0.25) is 0 Å². The SMILES string of the molecule is N#Cc1ccc2c(c1)C(c1ccccc1)(c1ccccc1)c1cc(-c3cc(-c4ccccn4)cc(-c4nc(-c5ccccc5)nc(-c5cc6ccccc6c6ccccc56)n4)c3)ccc1-2. The van der Waals surface area contributed by atoms with Crippen molar-refractivity contribution in [2.45, 2.75) is 5.41 Å². The van der Waals surface area contributed by atoms with Crippen molar-refractivity contribution >= 4 is 21.5 Å². The van der Waals surface area contributed by atoms with Gasteiger partial charge in [0.1, 0.15) is 0 Å². The van der Waals surface area contributed by atoms with Gasteiger partial charge < -0.3 is 0 Å². The number of fused-ring (bicyclic) bond motifs is 6. The summed E-state index contributed by atoms with van der Waals surface area (Å²) < 4.78 is 0. The molecule has 12 rings (SSSR count). The molecular formula is C60H37N5. The summed E-state index contributed by atoms with van der Waals surface area (Å²) in [5, 5.41) is 14.7. The molecule has 0 spiro atoms. The smallest absolute Gasteiger partial charge is 0.164 e. The molecule has 1 aliphatic rings. The topological polar surface area (TPSA) is 75.3 Å². The van der Waals surface area contributed by atoms with Crippen LogP contribution in [-0.4, -0.2) is 19.9 Å². The molecule has 2 heterocycles. The molecule has 0 saturated carbocycles. The molecule has 302 valence electrons. The monoisotopic (exact) mass is 827 g/mol. The van der Waals surface area contributed by atoms with E-state index in [1.165, 1.54) is 5.39 Å². The largest absolute Gasteiger partial charge is 0.256 e. The summed E-state index contributed by atoms with van der Waals surface area (Å²) in [5.74, 6) is 1.75. The Labute approximate surface area is 376 Å². The molecule has 0 fully saturated rings. The molecule has 11 aromatic rings. The molecule has 0 atom stereocenters. The average molecular weight is 828 g/mol. The van der Waals surface area contributed by atoms with Crippen molar-refractivity contribution in [2.75, 3.05) is 0 Å². The Balaban J connectivity index is 1.11. The number of pyridine rings is 1. The molecule has 2 aromatic heterocycles. The van der Waals surface area contributed by atoms with E-state index in [0.29, 0.717) is 23.0 Å². The molecule has 0 amide bonds. The minimum Gasteiger partial charge on any atom is -0.256 e. The lowest BCUT2D eigenvalue weighted by Crippen LogP contribution is -2.28. The van der Waals surface area contributed by atoms with Crippen LogP contribution >= 0.6 is 0 Å². The van der Waals surface area contributed by atoms with Crippen LogP contribution in [0.4, 0.5) is 0 Å². The Bertz CT molecular complexity index is 3620. The highest BCUT2D eigenvalue weighted by Crippen LogP contribution is 2.57. The molecule has 0 unspecified atom stereocenters. The number of hydrogen-bond donors (Lipinski definition) is 0. The van der Waals surface area contributed by atoms with Crippen molar-refractivity contribution in [3.8, 4) is 73.7 Å². The molecule has 5 heteroatoms. The van der Waals surface area contributed by atoms with Crippen molar-refractivity contribution in [1.29, 1.82) is 5.26 Å². The van der Waals surface area contributed by atoms with Crippen molar-refractivity contribution < 1.29 is 0 Å². The first-order chi connectivity index (χ1) is 32.2. The highest BCUT2D eigenvalue weighted by molar-refractivity contribution is 6.13. The Morgan fingerprint density at radius 2 is 0.938 bits per heavy atom. The molecule has 0 bridgehead atoms. The lowest BCUT2D eigenvalue weighted by molar-refractivity contribution is 0.768. The zero-order valence-electron chi connectivity index (χ0n) is 35.1. The minimum absolute atomic E-state index is 0.561. The first-order valence-corrected chi connectivity index (χ1v) is 21.8. The highest BCUT2D eigenvalue weighted by Gasteiger charge is 2.46. The van der Waals surface area contributed by atoms with Crippen LogP contribution in [0.1, 0.15) is 27.8 Å². The van der Waals surface area contributed by atoms with Gasteiger partial charge in [-0.1, -0.05) is 164 Å². The van der Waals surface area contributed by atoms with Crippen LogP contribution in [0.15, 0.2) is 225 Å². The quantitative estimate of drug-likeness (QED) is 0.150. The van der Waals surface area contributed by atoms with Crippen LogP contribution in [0.25, 0.3) is 89.2 Å². The zero-order valence-corrected chi connectivity index (χ0v) is 35.1. The maximum Gasteiger partial charge on any atom is 0.164 e. The molecule has 1 aliphatic carbocycles. The van der Waals surface area contributed by atoms with E-state index in [1.807, 2.05) is 60.8 Å². The summed E-state index contributed by atoms with van der Waals surface area (Å²) in [4.78, 5) is 20.7. The van der Waals surface area contributed by atoms with Crippen molar-refractivity contribution in [1.82, 2.24) is 19.9 Å². The number of aromatic nitrogens is 4. The van der Waals surface area contributed by atoms with Crippen molar-refractivity contribution in [2.24, 2.45) is 0 Å². The average Bonchev–Trinajstić information content (AvgIpc) is 3.68. The molecule has 0 N–H and O–H groups in total. The third-order valence-electron chi connectivity index (χ3n) is 12.8. The molecular weight excluding hydrogens is 791 g/mol. The Morgan fingerprint density at radius 1 is 0.369 bits per heavy atom. The summed E-state index contributed by atoms with van der Waals surface area (Å²) in [6, 6.07) is 78.6. The van der Waals surface area contributed by atoms with E-state index in [9.17, 15) is 5.26 Å². The maximum absolute atomic E-state index is 10.2. The minimum atomic E-state index is -0.687. The van der Waals surface area contributed by atoms with E-state index in [4.69, 9.17) is 19.9 Å². The summed E-state index contributed by atoms with van der Waals surface area (Å²) in [7, 11) is 0. The Morgan fingerprint density at radius 3 is 1.65 bits per heavy atom. The third kappa shape index (κ3) is 6.31. The van der Waals surface area contributed by atoms with Gasteiger partial charge in [0.15, 0.2) is 17.5 Å². The summed E-state index contributed by atoms with van der Waals surface area (Å²) in [5.41, 5.74) is 13.2. The fourth-order valence-electron chi connectivity index (χ4n) is 9.92. The van der Waals surface area contributed by atoms with Crippen molar-refractivity contribution in [3.05, 3.63) is 252 Å². The van der Waals surface area contributed by atoms with Gasteiger partial charge in [0, 0.05) is 28.5 Å². The van der Waals surface area contributed by atoms with Crippen LogP contribution in [0.2, 0.25) is 0 Å². The predicted octanol–water partition coefficient (Wildman–Crippen LogP) is 14.1. The molecule has 0 aliphatic heterocycles. The van der Waals surface area contributed by atoms with Gasteiger partial charge in [0.05, 0.1) is 22.7 Å². The van der Waals surface area contributed by atoms with Crippen LogP contribution in [0.3, 0.4) is 0 Å². The van der Waals surface area contributed by atoms with Crippen LogP contribution in [0.5, 0.6) is 0 Å². The number of rotatable bonds is 7. The Hall–Kier alpha value is -8.85. The normalized spacial score (nSPS) is 12.4. The molecule has 5 nitrogen and oxygen atoms in total. The van der Waals surface area contributed by atoms with Gasteiger partial charge in [-0.3, -0.25) is 4.98 Å². The van der Waals surface area contributed by atoms with Gasteiger partial charge >= 0.3 is 0 Å². The lowest BCUT2D eigenvalue weighted by atomic mass is 9.67. The van der Waals surface area contributed by atoms with Crippen molar-refractivity contribution in [3.63, 3.8) is 0 Å². The standard InChI is InChI=1S/C60H37N5/c61-38-39-27-29-51-52-30-28-41(37-55(52)60(54(51)32-39,46-19-6-2-7-20-46)47-21-8-3-9-22-47)43-33-44(56-26-14-15-31-62-56)35-45(34-43)58-63-57(40-16-4-1-5-17-40)64-59(65-58)53-36-42-18-10-11-23-48(42)49-24-12-13-25-50(49)53/h1-37H. The molecule has 0 saturated heterocycles. The first-order valence-electron chi connectivity index (χ1n) is 21.8. The van der Waals surface area contributed by atoms with Gasteiger partial charge in [-0.15, -0.1) is 0 Å². The van der Waals surface area contributed by atoms with Gasteiger partial charge in [0.25, 0.3) is 0 Å². The van der Waals surface area contributed by atoms with Gasteiger partial charge in [-0.25, -0.2) is 15.0 Å². The number of nitrogens with zero attached hydrogens (tertiary/aromatic N) is 5. The van der Waals surface area contributed by atoms with Crippen LogP contribution in [0, 0.1) is 11.3 Å². The van der Waals surface area contributed by atoms with Gasteiger partial charge in [-0.2, -0.15) is 5.26 Å². The molecule has 9 aromatic carbocycles. The van der Waals surface area contributed by atoms with Gasteiger partial charge in [-0.05, 0) is 121 Å². The molecule has 0 radical (unpaired) electrons. The lowest BCUT2D eigenvalue weighted by Gasteiger charge is -2.34.